The zero-order valence-corrected chi connectivity index (χ0v) is 11.0. The Labute approximate surface area is 114 Å². The molecule has 7 nitrogen and oxygen atoms in total. The van der Waals surface area contributed by atoms with Crippen LogP contribution in [0.5, 0.6) is 0 Å². The third-order valence-corrected chi connectivity index (χ3v) is 2.84. The number of nitrogens with zero attached hydrogens (tertiary/aromatic N) is 3. The van der Waals surface area contributed by atoms with Crippen molar-refractivity contribution in [2.75, 3.05) is 5.32 Å². The Morgan fingerprint density at radius 1 is 1.30 bits per heavy atom. The third kappa shape index (κ3) is 2.37. The molecule has 0 fully saturated rings. The van der Waals surface area contributed by atoms with Gasteiger partial charge in [0, 0.05) is 6.42 Å². The van der Waals surface area contributed by atoms with E-state index in [0.29, 0.717) is 11.8 Å². The second kappa shape index (κ2) is 5.12. The quantitative estimate of drug-likeness (QED) is 0.674. The highest BCUT2D eigenvalue weighted by Crippen LogP contribution is 2.13. The molecule has 1 aromatic carbocycles. The minimum atomic E-state index is -0.386. The number of aryl methyl sites for hydroxylation is 1. The Hall–Kier alpha value is -2.70. The van der Waals surface area contributed by atoms with Crippen molar-refractivity contribution < 1.29 is 4.79 Å². The van der Waals surface area contributed by atoms with Crippen LogP contribution in [0.3, 0.4) is 0 Å². The van der Waals surface area contributed by atoms with Crippen LogP contribution in [-0.2, 0) is 6.42 Å². The second-order valence-electron chi connectivity index (χ2n) is 4.41. The lowest BCUT2D eigenvalue weighted by Gasteiger charge is -1.96. The van der Waals surface area contributed by atoms with Crippen LogP contribution in [0.25, 0.3) is 11.0 Å². The first-order chi connectivity index (χ1) is 9.76. The van der Waals surface area contributed by atoms with Crippen molar-refractivity contribution in [3.8, 4) is 0 Å². The minimum Gasteiger partial charge on any atom is -0.324 e. The first-order valence-electron chi connectivity index (χ1n) is 6.43. The summed E-state index contributed by atoms with van der Waals surface area (Å²) in [5.74, 6) is 0.830. The fourth-order valence-corrected chi connectivity index (χ4v) is 1.92. The van der Waals surface area contributed by atoms with Crippen molar-refractivity contribution in [3.63, 3.8) is 0 Å². The lowest BCUT2D eigenvalue weighted by molar-refractivity contribution is 0.101. The molecule has 0 aliphatic rings. The van der Waals surface area contributed by atoms with Crippen molar-refractivity contribution in [1.82, 2.24) is 25.1 Å². The van der Waals surface area contributed by atoms with Gasteiger partial charge in [0.1, 0.15) is 5.82 Å². The number of para-hydroxylation sites is 2. The number of amides is 1. The Morgan fingerprint density at radius 2 is 2.15 bits per heavy atom. The van der Waals surface area contributed by atoms with Crippen molar-refractivity contribution in [3.05, 3.63) is 35.9 Å². The molecular weight excluding hydrogens is 256 g/mol. The maximum absolute atomic E-state index is 12.0. The van der Waals surface area contributed by atoms with Gasteiger partial charge in [0.15, 0.2) is 0 Å². The summed E-state index contributed by atoms with van der Waals surface area (Å²) < 4.78 is 0. The van der Waals surface area contributed by atoms with Crippen molar-refractivity contribution in [2.45, 2.75) is 19.8 Å². The van der Waals surface area contributed by atoms with Gasteiger partial charge < -0.3 is 4.98 Å². The summed E-state index contributed by atoms with van der Waals surface area (Å²) in [5.41, 5.74) is 1.66. The summed E-state index contributed by atoms with van der Waals surface area (Å²) in [7, 11) is 0. The molecule has 20 heavy (non-hydrogen) atoms. The van der Waals surface area contributed by atoms with Crippen LogP contribution in [0, 0.1) is 0 Å². The number of fused-ring (bicyclic) bond motifs is 1. The number of hydrogen-bond acceptors (Lipinski definition) is 4. The Kier molecular flexibility index (Phi) is 3.16. The molecule has 3 aromatic rings. The molecule has 1 amide bonds. The van der Waals surface area contributed by atoms with Crippen LogP contribution in [0.2, 0.25) is 0 Å². The molecule has 0 bridgehead atoms. The third-order valence-electron chi connectivity index (χ3n) is 2.84. The van der Waals surface area contributed by atoms with Gasteiger partial charge in [-0.25, -0.2) is 9.97 Å². The monoisotopic (exact) mass is 270 g/mol. The van der Waals surface area contributed by atoms with E-state index in [1.54, 1.807) is 0 Å². The van der Waals surface area contributed by atoms with Gasteiger partial charge in [0.05, 0.1) is 11.0 Å². The Balaban J connectivity index is 1.77. The van der Waals surface area contributed by atoms with E-state index in [9.17, 15) is 4.79 Å². The molecule has 0 unspecified atom stereocenters. The zero-order valence-electron chi connectivity index (χ0n) is 11.0. The molecule has 0 atom stereocenters. The number of carbonyl (C=O) groups is 1. The molecule has 0 spiro atoms. The summed E-state index contributed by atoms with van der Waals surface area (Å²) in [4.78, 5) is 23.4. The van der Waals surface area contributed by atoms with Crippen LogP contribution in [0.15, 0.2) is 24.3 Å². The van der Waals surface area contributed by atoms with Gasteiger partial charge in [-0.1, -0.05) is 19.1 Å². The van der Waals surface area contributed by atoms with E-state index >= 15 is 0 Å². The summed E-state index contributed by atoms with van der Waals surface area (Å²) in [5, 5.41) is 9.29. The molecule has 0 aliphatic heterocycles. The SMILES string of the molecule is CCCc1nc(C(=O)Nc2nc3ccccc3[nH]2)n[nH]1. The number of hydrogen-bond donors (Lipinski definition) is 3. The standard InChI is InChI=1S/C13H14N6O/c1-2-5-10-16-11(19-18-10)12(20)17-13-14-8-6-3-4-7-9(8)15-13/h3-4,6-7H,2,5H2,1H3,(H,16,18,19)(H2,14,15,17,20). The number of rotatable bonds is 4. The highest BCUT2D eigenvalue weighted by molar-refractivity contribution is 6.01. The van der Waals surface area contributed by atoms with Crippen LogP contribution in [-0.4, -0.2) is 31.1 Å². The molecular formula is C13H14N6O. The lowest BCUT2D eigenvalue weighted by Crippen LogP contribution is -2.14. The Morgan fingerprint density at radius 3 is 2.95 bits per heavy atom. The zero-order chi connectivity index (χ0) is 13.9. The molecule has 3 N–H and O–H groups in total. The fraction of sp³-hybridized carbons (Fsp3) is 0.231. The molecule has 3 rings (SSSR count). The number of imidazole rings is 1. The van der Waals surface area contributed by atoms with Crippen LogP contribution in [0.1, 0.15) is 29.8 Å². The number of aromatic nitrogens is 5. The predicted octanol–water partition coefficient (Wildman–Crippen LogP) is 1.89. The molecule has 0 aliphatic carbocycles. The Bertz CT molecular complexity index is 711. The van der Waals surface area contributed by atoms with Gasteiger partial charge in [-0.15, -0.1) is 5.10 Å². The molecule has 2 aromatic heterocycles. The van der Waals surface area contributed by atoms with Gasteiger partial charge >= 0.3 is 0 Å². The van der Waals surface area contributed by atoms with E-state index in [1.807, 2.05) is 31.2 Å². The summed E-state index contributed by atoms with van der Waals surface area (Å²) in [6, 6.07) is 7.55. The number of anilines is 1. The predicted molar refractivity (Wildman–Crippen MR) is 74.4 cm³/mol. The van der Waals surface area contributed by atoms with Crippen LogP contribution >= 0.6 is 0 Å². The number of carbonyl (C=O) groups excluding carboxylic acids is 1. The smallest absolute Gasteiger partial charge is 0.297 e. The fourth-order valence-electron chi connectivity index (χ4n) is 1.92. The van der Waals surface area contributed by atoms with Gasteiger partial charge in [-0.2, -0.15) is 0 Å². The summed E-state index contributed by atoms with van der Waals surface area (Å²) in [6.45, 7) is 2.04. The highest BCUT2D eigenvalue weighted by atomic mass is 16.2. The molecule has 2 heterocycles. The lowest BCUT2D eigenvalue weighted by atomic mass is 10.3. The van der Waals surface area contributed by atoms with E-state index < -0.39 is 0 Å². The molecule has 0 saturated carbocycles. The van der Waals surface area contributed by atoms with E-state index in [-0.39, 0.29) is 11.7 Å². The summed E-state index contributed by atoms with van der Waals surface area (Å²) >= 11 is 0. The van der Waals surface area contributed by atoms with E-state index in [4.69, 9.17) is 0 Å². The maximum Gasteiger partial charge on any atom is 0.297 e. The topological polar surface area (TPSA) is 99.3 Å². The molecule has 0 saturated heterocycles. The van der Waals surface area contributed by atoms with Crippen molar-refractivity contribution in [2.24, 2.45) is 0 Å². The molecule has 102 valence electrons. The van der Waals surface area contributed by atoms with Crippen molar-refractivity contribution in [1.29, 1.82) is 0 Å². The van der Waals surface area contributed by atoms with E-state index in [0.717, 1.165) is 23.9 Å². The average Bonchev–Trinajstić information content (AvgIpc) is 3.04. The van der Waals surface area contributed by atoms with Crippen molar-refractivity contribution >= 4 is 22.9 Å². The average molecular weight is 270 g/mol. The highest BCUT2D eigenvalue weighted by Gasteiger charge is 2.14. The first kappa shape index (κ1) is 12.3. The normalized spacial score (nSPS) is 10.8. The number of H-pyrrole nitrogens is 2. The summed E-state index contributed by atoms with van der Waals surface area (Å²) in [6.07, 6.45) is 1.71. The van der Waals surface area contributed by atoms with Gasteiger partial charge in [0.2, 0.25) is 11.8 Å². The van der Waals surface area contributed by atoms with Crippen LogP contribution in [0.4, 0.5) is 5.95 Å². The van der Waals surface area contributed by atoms with E-state index in [1.165, 1.54) is 0 Å². The van der Waals surface area contributed by atoms with E-state index in [2.05, 4.69) is 30.5 Å². The molecule has 0 radical (unpaired) electrons. The van der Waals surface area contributed by atoms with Gasteiger partial charge in [0.25, 0.3) is 5.91 Å². The maximum atomic E-state index is 12.0. The second-order valence-corrected chi connectivity index (χ2v) is 4.41. The number of nitrogens with one attached hydrogen (secondary N) is 3. The largest absolute Gasteiger partial charge is 0.324 e. The number of aromatic amines is 2. The number of benzene rings is 1. The molecule has 7 heteroatoms. The van der Waals surface area contributed by atoms with Gasteiger partial charge in [-0.05, 0) is 18.6 Å². The first-order valence-corrected chi connectivity index (χ1v) is 6.43. The van der Waals surface area contributed by atoms with Crippen LogP contribution < -0.4 is 5.32 Å². The van der Waals surface area contributed by atoms with Gasteiger partial charge in [-0.3, -0.25) is 15.2 Å². The minimum absolute atomic E-state index is 0.119.